The Kier molecular flexibility index (Phi) is 14.5. The first kappa shape index (κ1) is 26.2. The minimum absolute atomic E-state index is 0. The zero-order valence-electron chi connectivity index (χ0n) is 14.9. The Morgan fingerprint density at radius 2 is 1.09 bits per heavy atom. The third-order valence-electron chi connectivity index (χ3n) is 3.66. The molecule has 0 fully saturated rings. The van der Waals surface area contributed by atoms with E-state index in [4.69, 9.17) is 15.2 Å². The molecule has 0 aliphatic rings. The van der Waals surface area contributed by atoms with Crippen LogP contribution in [0, 0.1) is 51.9 Å². The number of nitrogens with zero attached hydrogens (tertiary/aromatic N) is 5. The van der Waals surface area contributed by atoms with Crippen molar-refractivity contribution < 1.29 is 30.6 Å². The molecule has 0 saturated carbocycles. The minimum atomic E-state index is 0. The molecule has 23 heavy (non-hydrogen) atoms. The Morgan fingerprint density at radius 3 is 1.13 bits per heavy atom. The van der Waals surface area contributed by atoms with Crippen LogP contribution >= 0.6 is 0 Å². The van der Waals surface area contributed by atoms with E-state index in [9.17, 15) is 0 Å². The molecular formula is C15H24CoN5O2. The fourth-order valence-electron chi connectivity index (χ4n) is 1.72. The van der Waals surface area contributed by atoms with Crippen molar-refractivity contribution in [3.05, 3.63) is 47.0 Å². The predicted molar refractivity (Wildman–Crippen MR) is 79.2 cm³/mol. The third-order valence-corrected chi connectivity index (χ3v) is 3.66. The van der Waals surface area contributed by atoms with Gasteiger partial charge in [0.15, 0.2) is 0 Å². The van der Waals surface area contributed by atoms with Gasteiger partial charge in [-0.2, -0.15) is 0 Å². The Hall–Kier alpha value is -1.73. The Bertz CT molecular complexity index is 522. The van der Waals surface area contributed by atoms with Gasteiger partial charge >= 0.3 is 11.3 Å². The van der Waals surface area contributed by atoms with Gasteiger partial charge in [-0.3, -0.25) is 0 Å². The number of aromatic nitrogens is 4. The molecule has 2 heterocycles. The van der Waals surface area contributed by atoms with Gasteiger partial charge in [0, 0.05) is 16.8 Å². The van der Waals surface area contributed by atoms with Gasteiger partial charge in [-0.25, -0.2) is 0 Å². The quantitative estimate of drug-likeness (QED) is 0.369. The topological polar surface area (TPSA) is 76.9 Å². The van der Waals surface area contributed by atoms with Crippen molar-refractivity contribution in [3.8, 4) is 0 Å². The maximum atomic E-state index is 7.50. The molecule has 0 aliphatic heterocycles. The van der Waals surface area contributed by atoms with Gasteiger partial charge in [-0.15, -0.1) is 4.91 Å². The number of imidazole rings is 2. The maximum absolute atomic E-state index is 7.50. The molecule has 2 aromatic rings. The molecular weight excluding hydrogens is 341 g/mol. The van der Waals surface area contributed by atoms with E-state index in [0.717, 1.165) is 0 Å². The van der Waals surface area contributed by atoms with Crippen LogP contribution in [0.15, 0.2) is 0 Å². The summed E-state index contributed by atoms with van der Waals surface area (Å²) in [7, 11) is 8.01. The number of nitroso groups, excluding NO2 is 1. The van der Waals surface area contributed by atoms with Crippen molar-refractivity contribution in [2.45, 2.75) is 27.7 Å². The number of rotatable bonds is 0. The van der Waals surface area contributed by atoms with Gasteiger partial charge in [0.25, 0.3) is 0 Å². The second-order valence-electron chi connectivity index (χ2n) is 4.78. The van der Waals surface area contributed by atoms with Crippen molar-refractivity contribution in [1.82, 2.24) is 14.7 Å². The Balaban J connectivity index is -0.000000276. The molecule has 0 unspecified atom stereocenters. The van der Waals surface area contributed by atoms with Crippen LogP contribution in [-0.4, -0.2) is 9.13 Å². The molecule has 7 nitrogen and oxygen atoms in total. The van der Waals surface area contributed by atoms with Crippen LogP contribution in [0.3, 0.4) is 0 Å². The van der Waals surface area contributed by atoms with Crippen LogP contribution < -0.4 is 14.7 Å². The zero-order valence-corrected chi connectivity index (χ0v) is 15.9. The van der Waals surface area contributed by atoms with Gasteiger partial charge in [-0.1, -0.05) is 27.7 Å². The van der Waals surface area contributed by atoms with E-state index in [1.54, 1.807) is 0 Å². The van der Waals surface area contributed by atoms with E-state index < -0.39 is 0 Å². The average Bonchev–Trinajstić information content (AvgIpc) is 2.88. The molecule has 0 spiro atoms. The van der Waals surface area contributed by atoms with E-state index in [1.807, 2.05) is 46.5 Å². The van der Waals surface area contributed by atoms with E-state index in [1.165, 1.54) is 22.8 Å². The summed E-state index contributed by atoms with van der Waals surface area (Å²) >= 11 is 0. The molecule has 8 heteroatoms. The summed E-state index contributed by atoms with van der Waals surface area (Å²) in [5, 5.41) is 0. The maximum Gasteiger partial charge on any atom is 0.120 e. The first-order chi connectivity index (χ1) is 10.3. The monoisotopic (exact) mass is 365 g/mol. The largest absolute Gasteiger partial charge is 0.120 e. The summed E-state index contributed by atoms with van der Waals surface area (Å²) < 4.78 is 15.5. The summed E-state index contributed by atoms with van der Waals surface area (Å²) in [6.07, 6.45) is 6.22. The van der Waals surface area contributed by atoms with Crippen molar-refractivity contribution in [2.75, 3.05) is 0 Å². The second kappa shape index (κ2) is 12.8. The van der Waals surface area contributed by atoms with Gasteiger partial charge in [0.05, 0.1) is 28.2 Å². The van der Waals surface area contributed by atoms with Crippen LogP contribution in [0.4, 0.5) is 0 Å². The summed E-state index contributed by atoms with van der Waals surface area (Å²) in [4.78, 5) is 7.25. The fourth-order valence-corrected chi connectivity index (χ4v) is 1.72. The van der Waals surface area contributed by atoms with E-state index in [-0.39, 0.29) is 16.8 Å². The van der Waals surface area contributed by atoms with Crippen molar-refractivity contribution in [3.63, 3.8) is 0 Å². The van der Waals surface area contributed by atoms with Crippen molar-refractivity contribution in [1.29, 1.82) is 0 Å². The van der Waals surface area contributed by atoms with Crippen LogP contribution in [0.25, 0.3) is 0 Å². The zero-order chi connectivity index (χ0) is 18.0. The Morgan fingerprint density at radius 1 is 0.870 bits per heavy atom. The van der Waals surface area contributed by atoms with Gasteiger partial charge in [0.1, 0.15) is 5.59 Å². The molecule has 0 aliphatic carbocycles. The van der Waals surface area contributed by atoms with Crippen molar-refractivity contribution in [2.24, 2.45) is 28.2 Å². The molecule has 130 valence electrons. The van der Waals surface area contributed by atoms with Crippen LogP contribution in [0.5, 0.6) is 0 Å². The Labute approximate surface area is 148 Å². The van der Waals surface area contributed by atoms with Gasteiger partial charge in [0.2, 0.25) is 12.7 Å². The van der Waals surface area contributed by atoms with Crippen LogP contribution in [0.2, 0.25) is 0 Å². The smallest absolute Gasteiger partial charge is 0.120 e. The summed E-state index contributed by atoms with van der Waals surface area (Å²) in [6.45, 7) is 12.9. The molecule has 0 N–H and O–H groups in total. The molecule has 0 atom stereocenters. The minimum Gasteiger partial charge on any atom is -0.120 e. The summed E-state index contributed by atoms with van der Waals surface area (Å²) in [5.41, 5.74) is 10.9. The number of aryl methyl sites for hydroxylation is 4. The van der Waals surface area contributed by atoms with Crippen LogP contribution in [0.1, 0.15) is 22.8 Å². The van der Waals surface area contributed by atoms with E-state index >= 15 is 0 Å². The molecule has 2 rings (SSSR count). The van der Waals surface area contributed by atoms with E-state index in [2.05, 4.69) is 47.0 Å². The summed E-state index contributed by atoms with van der Waals surface area (Å²) in [5.74, 6) is 0. The van der Waals surface area contributed by atoms with E-state index in [0.29, 0.717) is 0 Å². The van der Waals surface area contributed by atoms with Crippen molar-refractivity contribution >= 4 is 0 Å². The first-order valence-electron chi connectivity index (χ1n) is 6.46. The summed E-state index contributed by atoms with van der Waals surface area (Å²) in [6, 6.07) is 0. The SMILES string of the molecule is Cc1c(C)[n+](C)[c-]n1C.Cc1c(C)[n+](C)[c-]n1C.[C-]#[O+].[Co].[N]=O. The normalized spacial score (nSPS) is 8.26. The average molecular weight is 365 g/mol. The second-order valence-corrected chi connectivity index (χ2v) is 4.78. The standard InChI is InChI=1S/2C7H12N2.CO.Co.NO/c2*1-6-7(2)9(4)5-8(6)3;1-2;;1-2/h2*1-4H3;;;. The third kappa shape index (κ3) is 7.38. The number of hydrogen-bond donors (Lipinski definition) is 0. The van der Waals surface area contributed by atoms with Crippen LogP contribution in [-0.2, 0) is 49.6 Å². The molecule has 0 aromatic carbocycles. The predicted octanol–water partition coefficient (Wildman–Crippen LogP) is 0.0462. The number of hydrogen-bond acceptors (Lipinski definition) is 1. The molecule has 2 radical (unpaired) electrons. The molecule has 0 bridgehead atoms. The molecule has 2 aromatic heterocycles. The molecule has 0 saturated heterocycles. The fraction of sp³-hybridized carbons (Fsp3) is 0.533. The first-order valence-corrected chi connectivity index (χ1v) is 6.46. The van der Waals surface area contributed by atoms with Gasteiger partial charge < -0.3 is 18.3 Å². The van der Waals surface area contributed by atoms with Gasteiger partial charge in [-0.05, 0) is 22.8 Å². The molecule has 0 amide bonds.